The average Bonchev–Trinajstić information content (AvgIpc) is 3.64. The summed E-state index contributed by atoms with van der Waals surface area (Å²) in [6.07, 6.45) is 10.4. The SMILES string of the molecule is CC1(C)C[C@H]2N(C3CCCC(N=S(C)(C)=O)N3)C3NC(NC(=O)[C@H]4C[C@@H]4C4CCOCC4)NCC3[C@@]2(C)CO1. The second-order valence-electron chi connectivity index (χ2n) is 14.2. The maximum Gasteiger partial charge on any atom is 0.225 e. The van der Waals surface area contributed by atoms with Gasteiger partial charge in [0.05, 0.1) is 24.5 Å². The number of carbonyl (C=O) groups is 1. The highest BCUT2D eigenvalue weighted by atomic mass is 32.2. The third kappa shape index (κ3) is 5.79. The van der Waals surface area contributed by atoms with E-state index in [1.54, 1.807) is 12.5 Å². The Kier molecular flexibility index (Phi) is 7.60. The largest absolute Gasteiger partial charge is 0.381 e. The topological polar surface area (TPSA) is 116 Å². The number of fused-ring (bicyclic) bond motifs is 3. The Morgan fingerprint density at radius 1 is 1.10 bits per heavy atom. The van der Waals surface area contributed by atoms with Crippen LogP contribution in [0.1, 0.15) is 65.7 Å². The first-order chi connectivity index (χ1) is 18.4. The van der Waals surface area contributed by atoms with E-state index in [0.29, 0.717) is 23.8 Å². The minimum absolute atomic E-state index is 0.0192. The van der Waals surface area contributed by atoms with E-state index in [1.807, 2.05) is 0 Å². The molecule has 0 aromatic carbocycles. The van der Waals surface area contributed by atoms with Gasteiger partial charge in [-0.2, -0.15) is 0 Å². The molecule has 5 unspecified atom stereocenters. The minimum atomic E-state index is -2.19. The number of nitrogens with one attached hydrogen (secondary N) is 4. The summed E-state index contributed by atoms with van der Waals surface area (Å²) in [6.45, 7) is 9.97. The molecule has 0 radical (unpaired) electrons. The Bertz CT molecular complexity index is 1050. The van der Waals surface area contributed by atoms with E-state index in [-0.39, 0.29) is 47.6 Å². The van der Waals surface area contributed by atoms with E-state index >= 15 is 0 Å². The Morgan fingerprint density at radius 3 is 2.62 bits per heavy atom. The second kappa shape index (κ2) is 10.5. The normalized spacial score (nSPS) is 44.7. The van der Waals surface area contributed by atoms with Crippen molar-refractivity contribution in [1.82, 2.24) is 26.2 Å². The van der Waals surface area contributed by atoms with Gasteiger partial charge in [-0.1, -0.05) is 6.92 Å². The number of hydrogen-bond acceptors (Lipinski definition) is 9. The first-order valence-electron chi connectivity index (χ1n) is 15.1. The van der Waals surface area contributed by atoms with E-state index in [2.05, 4.69) is 51.3 Å². The molecule has 1 saturated carbocycles. The van der Waals surface area contributed by atoms with Gasteiger partial charge in [-0.25, -0.2) is 4.36 Å². The molecule has 0 spiro atoms. The molecule has 5 heterocycles. The number of hydrogen-bond donors (Lipinski definition) is 4. The summed E-state index contributed by atoms with van der Waals surface area (Å²) in [6, 6.07) is 0.324. The first kappa shape index (κ1) is 28.3. The molecule has 0 aromatic heterocycles. The number of rotatable bonds is 5. The van der Waals surface area contributed by atoms with Crippen molar-refractivity contribution in [2.24, 2.45) is 33.4 Å². The van der Waals surface area contributed by atoms with Crippen molar-refractivity contribution < 1.29 is 18.5 Å². The quantitative estimate of drug-likeness (QED) is 0.397. The van der Waals surface area contributed by atoms with Crippen LogP contribution in [0.2, 0.25) is 0 Å². The Balaban J connectivity index is 1.19. The van der Waals surface area contributed by atoms with Crippen LogP contribution < -0.4 is 21.3 Å². The van der Waals surface area contributed by atoms with Gasteiger partial charge in [-0.3, -0.25) is 29.9 Å². The Hall–Kier alpha value is -0.820. The molecule has 0 aromatic rings. The van der Waals surface area contributed by atoms with Crippen LogP contribution in [0.15, 0.2) is 4.36 Å². The predicted octanol–water partition coefficient (Wildman–Crippen LogP) is 1.63. The van der Waals surface area contributed by atoms with Gasteiger partial charge in [-0.05, 0) is 70.6 Å². The third-order valence-corrected chi connectivity index (χ3v) is 11.2. The molecule has 5 saturated heterocycles. The maximum absolute atomic E-state index is 13.3. The lowest BCUT2D eigenvalue weighted by atomic mass is 9.69. The zero-order valence-electron chi connectivity index (χ0n) is 24.4. The zero-order valence-corrected chi connectivity index (χ0v) is 25.2. The molecule has 6 aliphatic rings. The summed E-state index contributed by atoms with van der Waals surface area (Å²) >= 11 is 0. The number of ether oxygens (including phenoxy) is 2. The van der Waals surface area contributed by atoms with Gasteiger partial charge in [-0.15, -0.1) is 0 Å². The van der Waals surface area contributed by atoms with Gasteiger partial charge < -0.3 is 14.8 Å². The van der Waals surface area contributed by atoms with Crippen LogP contribution in [0.5, 0.6) is 0 Å². The van der Waals surface area contributed by atoms with Crippen LogP contribution in [-0.4, -0.2) is 90.3 Å². The molecule has 6 rings (SSSR count). The number of nitrogens with zero attached hydrogens (tertiary/aromatic N) is 2. The van der Waals surface area contributed by atoms with Gasteiger partial charge in [0.2, 0.25) is 5.91 Å². The van der Waals surface area contributed by atoms with E-state index in [0.717, 1.165) is 71.3 Å². The predicted molar refractivity (Wildman–Crippen MR) is 151 cm³/mol. The zero-order chi connectivity index (χ0) is 27.6. The molecule has 1 aliphatic carbocycles. The molecule has 222 valence electrons. The van der Waals surface area contributed by atoms with Crippen molar-refractivity contribution in [3.8, 4) is 0 Å². The number of amides is 1. The molecular formula is C28H50N6O4S. The number of likely N-dealkylation sites (tertiary alicyclic amines) is 1. The molecule has 5 aliphatic heterocycles. The second-order valence-corrected chi connectivity index (χ2v) is 16.7. The summed E-state index contributed by atoms with van der Waals surface area (Å²) < 4.78 is 29.1. The van der Waals surface area contributed by atoms with E-state index < -0.39 is 9.73 Å². The van der Waals surface area contributed by atoms with Crippen LogP contribution in [-0.2, 0) is 24.0 Å². The standard InChI is InChI=1S/C28H50N6O4S/c1-27(2)14-21-28(3,16-38-27)20-15-29-26(32-25(35)19-13-18(19)17-9-11-37-12-10-17)31-24(20)34(21)23-8-6-7-22(30-23)33-39(4,5)36/h17-24,26,29-31H,6-16H2,1-5H3,(H,32,35)/t18-,19+,20?,21-,22?,23?,24?,26?,28-/m1/s1. The lowest BCUT2D eigenvalue weighted by molar-refractivity contribution is -0.141. The lowest BCUT2D eigenvalue weighted by Gasteiger charge is -2.49. The molecule has 1 amide bonds. The summed E-state index contributed by atoms with van der Waals surface area (Å²) in [7, 11) is -2.19. The van der Waals surface area contributed by atoms with E-state index in [4.69, 9.17) is 9.47 Å². The molecular weight excluding hydrogens is 516 g/mol. The smallest absolute Gasteiger partial charge is 0.225 e. The third-order valence-electron chi connectivity index (χ3n) is 10.4. The lowest BCUT2D eigenvalue weighted by Crippen LogP contribution is -2.69. The van der Waals surface area contributed by atoms with Crippen LogP contribution in [0.3, 0.4) is 0 Å². The summed E-state index contributed by atoms with van der Waals surface area (Å²) in [4.78, 5) is 15.9. The molecule has 4 N–H and O–H groups in total. The van der Waals surface area contributed by atoms with Gasteiger partial charge in [0.1, 0.15) is 12.5 Å². The highest BCUT2D eigenvalue weighted by Gasteiger charge is 2.63. The fourth-order valence-electron chi connectivity index (χ4n) is 8.24. The highest BCUT2D eigenvalue weighted by Crippen LogP contribution is 2.53. The number of piperidine rings is 1. The fraction of sp³-hybridized carbons (Fsp3) is 0.964. The Labute approximate surface area is 234 Å². The van der Waals surface area contributed by atoms with Crippen LogP contribution >= 0.6 is 0 Å². The molecule has 6 fully saturated rings. The van der Waals surface area contributed by atoms with Crippen LogP contribution in [0.4, 0.5) is 0 Å². The molecule has 39 heavy (non-hydrogen) atoms. The highest BCUT2D eigenvalue weighted by molar-refractivity contribution is 7.92. The minimum Gasteiger partial charge on any atom is -0.381 e. The van der Waals surface area contributed by atoms with Crippen LogP contribution in [0, 0.1) is 29.1 Å². The van der Waals surface area contributed by atoms with Crippen molar-refractivity contribution in [3.63, 3.8) is 0 Å². The van der Waals surface area contributed by atoms with Crippen LogP contribution in [0.25, 0.3) is 0 Å². The van der Waals surface area contributed by atoms with Crippen molar-refractivity contribution in [2.75, 3.05) is 38.9 Å². The van der Waals surface area contributed by atoms with E-state index in [9.17, 15) is 9.00 Å². The Morgan fingerprint density at radius 2 is 1.87 bits per heavy atom. The van der Waals surface area contributed by atoms with Gasteiger partial charge >= 0.3 is 0 Å². The first-order valence-corrected chi connectivity index (χ1v) is 17.5. The fourth-order valence-corrected chi connectivity index (χ4v) is 9.02. The molecule has 11 heteroatoms. The summed E-state index contributed by atoms with van der Waals surface area (Å²) in [5, 5.41) is 14.5. The monoisotopic (exact) mass is 566 g/mol. The molecule has 10 nitrogen and oxygen atoms in total. The summed E-state index contributed by atoms with van der Waals surface area (Å²) in [5.41, 5.74) is -0.212. The van der Waals surface area contributed by atoms with Crippen molar-refractivity contribution in [1.29, 1.82) is 0 Å². The van der Waals surface area contributed by atoms with Crippen molar-refractivity contribution in [3.05, 3.63) is 0 Å². The van der Waals surface area contributed by atoms with Gasteiger partial charge in [0.25, 0.3) is 0 Å². The molecule has 0 bridgehead atoms. The van der Waals surface area contributed by atoms with E-state index in [1.165, 1.54) is 0 Å². The maximum atomic E-state index is 13.3. The average molecular weight is 567 g/mol. The van der Waals surface area contributed by atoms with Crippen molar-refractivity contribution >= 4 is 15.6 Å². The molecule has 9 atom stereocenters. The summed E-state index contributed by atoms with van der Waals surface area (Å²) in [5.74, 6) is 1.77. The van der Waals surface area contributed by atoms with Crippen molar-refractivity contribution in [2.45, 2.75) is 102 Å². The number of carbonyl (C=O) groups excluding carboxylic acids is 1. The van der Waals surface area contributed by atoms with Gasteiger partial charge in [0.15, 0.2) is 0 Å². The van der Waals surface area contributed by atoms with Gasteiger partial charge in [0, 0.05) is 65.3 Å².